The van der Waals surface area contributed by atoms with Crippen LogP contribution in [0.1, 0.15) is 25.0 Å². The number of aromatic nitrogens is 4. The highest BCUT2D eigenvalue weighted by Gasteiger charge is 2.20. The number of nitrogens with zero attached hydrogens (tertiary/aromatic N) is 4. The van der Waals surface area contributed by atoms with Crippen molar-refractivity contribution in [2.24, 2.45) is 13.0 Å². The zero-order valence-electron chi connectivity index (χ0n) is 11.9. The molecule has 0 radical (unpaired) electrons. The molecular formula is C14H18ClN5O. The van der Waals surface area contributed by atoms with Gasteiger partial charge in [-0.2, -0.15) is 10.2 Å². The van der Waals surface area contributed by atoms with Crippen molar-refractivity contribution in [3.63, 3.8) is 0 Å². The van der Waals surface area contributed by atoms with Gasteiger partial charge in [-0.3, -0.25) is 9.48 Å². The summed E-state index contributed by atoms with van der Waals surface area (Å²) in [6.07, 6.45) is 6.86. The molecule has 2 heterocycles. The Morgan fingerprint density at radius 3 is 2.86 bits per heavy atom. The van der Waals surface area contributed by atoms with E-state index in [0.29, 0.717) is 29.7 Å². The van der Waals surface area contributed by atoms with Crippen LogP contribution in [0.5, 0.6) is 0 Å². The smallest absolute Gasteiger partial charge is 0.291 e. The molecule has 0 bridgehead atoms. The molecule has 0 aliphatic heterocycles. The fraction of sp³-hybridized carbons (Fsp3) is 0.500. The Kier molecular flexibility index (Phi) is 3.96. The van der Waals surface area contributed by atoms with Gasteiger partial charge < -0.3 is 5.32 Å². The molecule has 0 aromatic carbocycles. The largest absolute Gasteiger partial charge is 0.374 e. The van der Waals surface area contributed by atoms with E-state index in [-0.39, 0.29) is 5.56 Å². The Hall–Kier alpha value is -1.82. The van der Waals surface area contributed by atoms with Crippen LogP contribution in [0.2, 0.25) is 5.02 Å². The molecule has 1 fully saturated rings. The summed E-state index contributed by atoms with van der Waals surface area (Å²) in [7, 11) is 1.86. The summed E-state index contributed by atoms with van der Waals surface area (Å²) in [5.74, 6) is 0.571. The van der Waals surface area contributed by atoms with E-state index in [1.807, 2.05) is 13.1 Å². The molecule has 21 heavy (non-hydrogen) atoms. The zero-order valence-corrected chi connectivity index (χ0v) is 12.7. The van der Waals surface area contributed by atoms with Crippen molar-refractivity contribution >= 4 is 17.3 Å². The van der Waals surface area contributed by atoms with Gasteiger partial charge in [-0.25, -0.2) is 4.68 Å². The van der Waals surface area contributed by atoms with Crippen LogP contribution in [-0.4, -0.2) is 19.6 Å². The highest BCUT2D eigenvalue weighted by Crippen LogP contribution is 2.27. The van der Waals surface area contributed by atoms with Crippen molar-refractivity contribution < 1.29 is 0 Å². The van der Waals surface area contributed by atoms with Gasteiger partial charge in [0, 0.05) is 19.8 Å². The van der Waals surface area contributed by atoms with Crippen molar-refractivity contribution in [1.82, 2.24) is 19.6 Å². The number of hydrogen-bond donors (Lipinski definition) is 1. The first-order valence-electron chi connectivity index (χ1n) is 7.11. The van der Waals surface area contributed by atoms with Crippen molar-refractivity contribution in [2.45, 2.75) is 32.4 Å². The highest BCUT2D eigenvalue weighted by atomic mass is 35.5. The number of nitrogens with one attached hydrogen (secondary N) is 1. The maximum absolute atomic E-state index is 12.4. The van der Waals surface area contributed by atoms with Crippen LogP contribution in [0, 0.1) is 5.92 Å². The summed E-state index contributed by atoms with van der Waals surface area (Å²) in [4.78, 5) is 12.4. The van der Waals surface area contributed by atoms with Crippen LogP contribution in [-0.2, 0) is 20.1 Å². The van der Waals surface area contributed by atoms with Crippen LogP contribution < -0.4 is 10.9 Å². The molecule has 6 nitrogen and oxygen atoms in total. The van der Waals surface area contributed by atoms with E-state index in [0.717, 1.165) is 5.69 Å². The van der Waals surface area contributed by atoms with Gasteiger partial charge in [0.05, 0.1) is 23.5 Å². The minimum Gasteiger partial charge on any atom is -0.374 e. The van der Waals surface area contributed by atoms with Gasteiger partial charge in [-0.05, 0) is 24.8 Å². The van der Waals surface area contributed by atoms with Gasteiger partial charge in [0.15, 0.2) is 0 Å². The molecular weight excluding hydrogens is 290 g/mol. The van der Waals surface area contributed by atoms with Crippen LogP contribution in [0.4, 0.5) is 5.69 Å². The van der Waals surface area contributed by atoms with E-state index in [4.69, 9.17) is 11.6 Å². The number of aryl methyl sites for hydroxylation is 1. The molecule has 1 saturated carbocycles. The van der Waals surface area contributed by atoms with E-state index in [9.17, 15) is 4.79 Å². The number of halogens is 1. The fourth-order valence-corrected chi connectivity index (χ4v) is 2.62. The van der Waals surface area contributed by atoms with Crippen LogP contribution >= 0.6 is 11.6 Å². The summed E-state index contributed by atoms with van der Waals surface area (Å²) in [5.41, 5.74) is 1.23. The SMILES string of the molecule is Cn1nccc1CNc1c(Cl)cnn(CC2CCC2)c1=O. The first kappa shape index (κ1) is 14.1. The predicted molar refractivity (Wildman–Crippen MR) is 81.4 cm³/mol. The third-order valence-electron chi connectivity index (χ3n) is 4.02. The van der Waals surface area contributed by atoms with E-state index in [1.165, 1.54) is 30.1 Å². The molecule has 1 N–H and O–H groups in total. The molecule has 2 aromatic heterocycles. The van der Waals surface area contributed by atoms with Crippen molar-refractivity contribution in [2.75, 3.05) is 5.32 Å². The lowest BCUT2D eigenvalue weighted by Gasteiger charge is -2.25. The van der Waals surface area contributed by atoms with Gasteiger partial charge in [-0.15, -0.1) is 0 Å². The first-order valence-corrected chi connectivity index (χ1v) is 7.49. The Morgan fingerprint density at radius 2 is 2.24 bits per heavy atom. The lowest BCUT2D eigenvalue weighted by Crippen LogP contribution is -2.30. The highest BCUT2D eigenvalue weighted by molar-refractivity contribution is 6.32. The van der Waals surface area contributed by atoms with E-state index in [2.05, 4.69) is 15.5 Å². The van der Waals surface area contributed by atoms with Crippen molar-refractivity contribution in [3.05, 3.63) is 39.5 Å². The summed E-state index contributed by atoms with van der Waals surface area (Å²) in [5, 5.41) is 11.7. The summed E-state index contributed by atoms with van der Waals surface area (Å²) < 4.78 is 3.27. The summed E-state index contributed by atoms with van der Waals surface area (Å²) in [6, 6.07) is 1.90. The maximum Gasteiger partial charge on any atom is 0.291 e. The number of anilines is 1. The summed E-state index contributed by atoms with van der Waals surface area (Å²) in [6.45, 7) is 1.18. The lowest BCUT2D eigenvalue weighted by atomic mass is 9.85. The number of hydrogen-bond acceptors (Lipinski definition) is 4. The van der Waals surface area contributed by atoms with Crippen molar-refractivity contribution in [3.8, 4) is 0 Å². The minimum atomic E-state index is -0.156. The molecule has 1 aliphatic carbocycles. The molecule has 7 heteroatoms. The topological polar surface area (TPSA) is 64.7 Å². The third-order valence-corrected chi connectivity index (χ3v) is 4.31. The normalized spacial score (nSPS) is 15.0. The van der Waals surface area contributed by atoms with E-state index in [1.54, 1.807) is 10.9 Å². The Bertz CT molecular complexity index is 689. The molecule has 0 amide bonds. The molecule has 3 rings (SSSR count). The fourth-order valence-electron chi connectivity index (χ4n) is 2.43. The second kappa shape index (κ2) is 5.89. The van der Waals surface area contributed by atoms with E-state index >= 15 is 0 Å². The number of rotatable bonds is 5. The standard InChI is InChI=1S/C14H18ClN5O/c1-19-11(5-6-17-19)7-16-13-12(15)8-18-20(14(13)21)9-10-3-2-4-10/h5-6,8,10,16H,2-4,7,9H2,1H3. The average molecular weight is 308 g/mol. The second-order valence-electron chi connectivity index (χ2n) is 5.45. The Morgan fingerprint density at radius 1 is 1.43 bits per heavy atom. The Labute approximate surface area is 127 Å². The van der Waals surface area contributed by atoms with Gasteiger partial charge in [0.25, 0.3) is 5.56 Å². The van der Waals surface area contributed by atoms with Crippen LogP contribution in [0.25, 0.3) is 0 Å². The molecule has 0 spiro atoms. The molecule has 112 valence electrons. The maximum atomic E-state index is 12.4. The molecule has 0 saturated heterocycles. The Balaban J connectivity index is 1.78. The first-order chi connectivity index (χ1) is 10.1. The quantitative estimate of drug-likeness (QED) is 0.918. The van der Waals surface area contributed by atoms with Gasteiger partial charge in [-0.1, -0.05) is 18.0 Å². The lowest BCUT2D eigenvalue weighted by molar-refractivity contribution is 0.262. The molecule has 1 aliphatic rings. The molecule has 0 unspecified atom stereocenters. The monoisotopic (exact) mass is 307 g/mol. The summed E-state index contributed by atoms with van der Waals surface area (Å²) >= 11 is 6.11. The molecule has 0 atom stereocenters. The van der Waals surface area contributed by atoms with Crippen LogP contribution in [0.15, 0.2) is 23.3 Å². The average Bonchev–Trinajstić information content (AvgIpc) is 2.81. The molecule has 2 aromatic rings. The second-order valence-corrected chi connectivity index (χ2v) is 5.86. The van der Waals surface area contributed by atoms with E-state index < -0.39 is 0 Å². The van der Waals surface area contributed by atoms with Crippen molar-refractivity contribution in [1.29, 1.82) is 0 Å². The zero-order chi connectivity index (χ0) is 14.8. The van der Waals surface area contributed by atoms with Crippen LogP contribution in [0.3, 0.4) is 0 Å². The van der Waals surface area contributed by atoms with Gasteiger partial charge >= 0.3 is 0 Å². The third kappa shape index (κ3) is 2.95. The predicted octanol–water partition coefficient (Wildman–Crippen LogP) is 2.04. The minimum absolute atomic E-state index is 0.156. The van der Waals surface area contributed by atoms with Gasteiger partial charge in [0.1, 0.15) is 5.69 Å². The van der Waals surface area contributed by atoms with Gasteiger partial charge in [0.2, 0.25) is 0 Å².